The lowest BCUT2D eigenvalue weighted by atomic mass is 9.68. The number of halogens is 3. The molecule has 0 amide bonds. The van der Waals surface area contributed by atoms with Crippen LogP contribution in [0.4, 0.5) is 13.2 Å². The van der Waals surface area contributed by atoms with E-state index < -0.39 is 6.36 Å². The minimum atomic E-state index is -4.74. The van der Waals surface area contributed by atoms with Crippen LogP contribution in [-0.2, 0) is 0 Å². The van der Waals surface area contributed by atoms with Crippen molar-refractivity contribution in [3.63, 3.8) is 0 Å². The molecule has 3 aromatic rings. The van der Waals surface area contributed by atoms with Crippen molar-refractivity contribution in [3.05, 3.63) is 78.4 Å². The third kappa shape index (κ3) is 6.28. The van der Waals surface area contributed by atoms with Crippen molar-refractivity contribution in [1.29, 1.82) is 0 Å². The first-order chi connectivity index (χ1) is 16.9. The highest BCUT2D eigenvalue weighted by Gasteiger charge is 2.34. The van der Waals surface area contributed by atoms with E-state index in [1.54, 1.807) is 6.07 Å². The summed E-state index contributed by atoms with van der Waals surface area (Å²) >= 11 is 0. The third-order valence-corrected chi connectivity index (χ3v) is 7.55. The van der Waals surface area contributed by atoms with Crippen molar-refractivity contribution < 1.29 is 17.9 Å². The molecule has 0 aliphatic heterocycles. The maximum atomic E-state index is 13.4. The standard InChI is InChI=1S/C31H35F3O/c1-3-10-24-13-8-9-14-28(24)27(4-2)26-19-20-29(30(21-26)35-31(32,33)34)25-17-15-23(16-18-25)22-11-6-5-7-12-22/h5-7,11-12,15-21,24,27-28H,3-4,8-10,13-14H2,1-2H3. The van der Waals surface area contributed by atoms with E-state index in [4.69, 9.17) is 0 Å². The van der Waals surface area contributed by atoms with E-state index in [2.05, 4.69) is 18.6 Å². The molecule has 0 radical (unpaired) electrons. The van der Waals surface area contributed by atoms with Crippen LogP contribution in [0, 0.1) is 11.8 Å². The van der Waals surface area contributed by atoms with Gasteiger partial charge in [0.2, 0.25) is 0 Å². The van der Waals surface area contributed by atoms with Gasteiger partial charge in [-0.25, -0.2) is 0 Å². The Balaban J connectivity index is 1.68. The molecule has 1 fully saturated rings. The molecule has 0 bridgehead atoms. The van der Waals surface area contributed by atoms with Gasteiger partial charge in [0.25, 0.3) is 0 Å². The maximum absolute atomic E-state index is 13.4. The van der Waals surface area contributed by atoms with Crippen LogP contribution in [0.1, 0.15) is 70.3 Å². The summed E-state index contributed by atoms with van der Waals surface area (Å²) in [6, 6.07) is 23.1. The maximum Gasteiger partial charge on any atom is 0.573 e. The fourth-order valence-corrected chi connectivity index (χ4v) is 5.97. The summed E-state index contributed by atoms with van der Waals surface area (Å²) in [7, 11) is 0. The minimum Gasteiger partial charge on any atom is -0.405 e. The van der Waals surface area contributed by atoms with Crippen LogP contribution in [-0.4, -0.2) is 6.36 Å². The second kappa shape index (κ2) is 11.3. The Bertz CT molecular complexity index is 1070. The molecule has 3 aromatic carbocycles. The predicted octanol–water partition coefficient (Wildman–Crippen LogP) is 10.0. The van der Waals surface area contributed by atoms with Crippen molar-refractivity contribution in [2.45, 2.75) is 71.1 Å². The van der Waals surface area contributed by atoms with Crippen molar-refractivity contribution in [2.75, 3.05) is 0 Å². The summed E-state index contributed by atoms with van der Waals surface area (Å²) in [6.07, 6.45) is 3.37. The molecule has 1 saturated carbocycles. The molecular formula is C31H35F3O. The van der Waals surface area contributed by atoms with Gasteiger partial charge in [0.05, 0.1) is 0 Å². The molecule has 1 aliphatic carbocycles. The number of alkyl halides is 3. The highest BCUT2D eigenvalue weighted by molar-refractivity contribution is 5.74. The van der Waals surface area contributed by atoms with Crippen molar-refractivity contribution in [1.82, 2.24) is 0 Å². The largest absolute Gasteiger partial charge is 0.573 e. The second-order valence-corrected chi connectivity index (χ2v) is 9.76. The first-order valence-corrected chi connectivity index (χ1v) is 12.9. The Kier molecular flexibility index (Phi) is 8.20. The molecule has 3 unspecified atom stereocenters. The van der Waals surface area contributed by atoms with E-state index in [0.29, 0.717) is 23.0 Å². The van der Waals surface area contributed by atoms with Gasteiger partial charge in [0.1, 0.15) is 5.75 Å². The van der Waals surface area contributed by atoms with E-state index in [0.717, 1.165) is 36.0 Å². The summed E-state index contributed by atoms with van der Waals surface area (Å²) in [5.74, 6) is 1.31. The minimum absolute atomic E-state index is 0.108. The molecule has 0 saturated heterocycles. The fourth-order valence-electron chi connectivity index (χ4n) is 5.97. The lowest BCUT2D eigenvalue weighted by molar-refractivity contribution is -0.274. The number of benzene rings is 3. The summed E-state index contributed by atoms with van der Waals surface area (Å²) in [6.45, 7) is 4.38. The van der Waals surface area contributed by atoms with Crippen LogP contribution in [0.25, 0.3) is 22.3 Å². The Labute approximate surface area is 207 Å². The molecule has 0 spiro atoms. The summed E-state index contributed by atoms with van der Waals surface area (Å²) < 4.78 is 44.9. The van der Waals surface area contributed by atoms with Crippen LogP contribution in [0.15, 0.2) is 72.8 Å². The van der Waals surface area contributed by atoms with Gasteiger partial charge in [-0.1, -0.05) is 113 Å². The summed E-state index contributed by atoms with van der Waals surface area (Å²) in [5.41, 5.74) is 4.24. The van der Waals surface area contributed by atoms with Crippen LogP contribution in [0.2, 0.25) is 0 Å². The van der Waals surface area contributed by atoms with Gasteiger partial charge in [-0.2, -0.15) is 0 Å². The van der Waals surface area contributed by atoms with Crippen LogP contribution in [0.5, 0.6) is 5.75 Å². The van der Waals surface area contributed by atoms with E-state index in [-0.39, 0.29) is 11.7 Å². The number of ether oxygens (including phenoxy) is 1. The van der Waals surface area contributed by atoms with E-state index in [1.165, 1.54) is 25.7 Å². The van der Waals surface area contributed by atoms with Gasteiger partial charge in [0.15, 0.2) is 0 Å². The van der Waals surface area contributed by atoms with Gasteiger partial charge in [-0.15, -0.1) is 13.2 Å². The molecular weight excluding hydrogens is 445 g/mol. The molecule has 35 heavy (non-hydrogen) atoms. The molecule has 1 aliphatic rings. The predicted molar refractivity (Wildman–Crippen MR) is 137 cm³/mol. The topological polar surface area (TPSA) is 9.23 Å². The SMILES string of the molecule is CCCC1CCCCC1C(CC)c1ccc(-c2ccc(-c3ccccc3)cc2)c(OC(F)(F)F)c1. The van der Waals surface area contributed by atoms with Gasteiger partial charge >= 0.3 is 6.36 Å². The molecule has 4 rings (SSSR count). The van der Waals surface area contributed by atoms with Crippen LogP contribution < -0.4 is 4.74 Å². The lowest BCUT2D eigenvalue weighted by Gasteiger charge is -2.37. The Hall–Kier alpha value is -2.75. The molecule has 186 valence electrons. The molecule has 0 N–H and O–H groups in total. The molecule has 4 heteroatoms. The quantitative estimate of drug-likeness (QED) is 0.312. The fraction of sp³-hybridized carbons (Fsp3) is 0.419. The zero-order chi connectivity index (χ0) is 24.8. The first-order valence-electron chi connectivity index (χ1n) is 12.9. The van der Waals surface area contributed by atoms with Crippen LogP contribution in [0.3, 0.4) is 0 Å². The van der Waals surface area contributed by atoms with Crippen molar-refractivity contribution in [2.24, 2.45) is 11.8 Å². The second-order valence-electron chi connectivity index (χ2n) is 9.76. The third-order valence-electron chi connectivity index (χ3n) is 7.55. The van der Waals surface area contributed by atoms with E-state index in [1.807, 2.05) is 66.7 Å². The number of hydrogen-bond acceptors (Lipinski definition) is 1. The lowest BCUT2D eigenvalue weighted by Crippen LogP contribution is -2.26. The Morgan fingerprint density at radius 1 is 0.829 bits per heavy atom. The monoisotopic (exact) mass is 480 g/mol. The van der Waals surface area contributed by atoms with Gasteiger partial charge in [-0.3, -0.25) is 0 Å². The zero-order valence-electron chi connectivity index (χ0n) is 20.7. The average Bonchev–Trinajstić information content (AvgIpc) is 2.86. The van der Waals surface area contributed by atoms with Gasteiger partial charge in [-0.05, 0) is 58.9 Å². The molecule has 0 heterocycles. The highest BCUT2D eigenvalue weighted by atomic mass is 19.4. The smallest absolute Gasteiger partial charge is 0.405 e. The summed E-state index contributed by atoms with van der Waals surface area (Å²) in [4.78, 5) is 0. The van der Waals surface area contributed by atoms with E-state index >= 15 is 0 Å². The zero-order valence-corrected chi connectivity index (χ0v) is 20.7. The Morgan fingerprint density at radius 3 is 2.14 bits per heavy atom. The van der Waals surface area contributed by atoms with E-state index in [9.17, 15) is 13.2 Å². The first kappa shape index (κ1) is 25.3. The van der Waals surface area contributed by atoms with Crippen molar-refractivity contribution in [3.8, 4) is 28.0 Å². The van der Waals surface area contributed by atoms with Crippen molar-refractivity contribution >= 4 is 0 Å². The van der Waals surface area contributed by atoms with Gasteiger partial charge < -0.3 is 4.74 Å². The van der Waals surface area contributed by atoms with Crippen LogP contribution >= 0.6 is 0 Å². The molecule has 1 nitrogen and oxygen atoms in total. The number of hydrogen-bond donors (Lipinski definition) is 0. The summed E-state index contributed by atoms with van der Waals surface area (Å²) in [5, 5.41) is 0. The highest BCUT2D eigenvalue weighted by Crippen LogP contribution is 2.45. The molecule has 3 atom stereocenters. The van der Waals surface area contributed by atoms with Gasteiger partial charge in [0, 0.05) is 5.56 Å². The molecule has 0 aromatic heterocycles. The average molecular weight is 481 g/mol. The Morgan fingerprint density at radius 2 is 1.49 bits per heavy atom. The normalized spacial score (nSPS) is 19.3. The number of rotatable bonds is 8.